The summed E-state index contributed by atoms with van der Waals surface area (Å²) in [6.45, 7) is 0. The van der Waals surface area contributed by atoms with Gasteiger partial charge in [-0.3, -0.25) is 9.78 Å². The molecule has 1 heterocycles. The molecule has 2 rings (SSSR count). The Hall–Kier alpha value is -1.42. The van der Waals surface area contributed by atoms with Gasteiger partial charge in [0.05, 0.1) is 6.42 Å². The van der Waals surface area contributed by atoms with Crippen LogP contribution in [-0.2, 0) is 11.2 Å². The number of hydrogen-bond acceptors (Lipinski definition) is 3. The molecule has 0 unspecified atom stereocenters. The molecule has 1 aliphatic rings. The monoisotopic (exact) mass is 233 g/mol. The third-order valence-electron chi connectivity index (χ3n) is 3.20. The maximum Gasteiger partial charge on any atom is 0.226 e. The molecule has 0 aliphatic heterocycles. The molecule has 4 heteroatoms. The van der Waals surface area contributed by atoms with Crippen molar-refractivity contribution in [2.75, 3.05) is 0 Å². The van der Waals surface area contributed by atoms with Gasteiger partial charge >= 0.3 is 0 Å². The van der Waals surface area contributed by atoms with Gasteiger partial charge in [-0.25, -0.2) is 0 Å². The fourth-order valence-corrected chi connectivity index (χ4v) is 2.21. The second-order valence-electron chi connectivity index (χ2n) is 4.68. The summed E-state index contributed by atoms with van der Waals surface area (Å²) in [4.78, 5) is 15.9. The van der Waals surface area contributed by atoms with Gasteiger partial charge < -0.3 is 11.1 Å². The second kappa shape index (κ2) is 5.77. The molecular formula is C13H19N3O. The average Bonchev–Trinajstić information content (AvgIpc) is 2.33. The molecule has 17 heavy (non-hydrogen) atoms. The van der Waals surface area contributed by atoms with Crippen LogP contribution in [0.3, 0.4) is 0 Å². The predicted molar refractivity (Wildman–Crippen MR) is 66.3 cm³/mol. The molecule has 1 saturated carbocycles. The highest BCUT2D eigenvalue weighted by molar-refractivity contribution is 5.78. The molecule has 1 aromatic rings. The van der Waals surface area contributed by atoms with Crippen LogP contribution in [0.2, 0.25) is 0 Å². The number of carbonyl (C=O) groups is 1. The zero-order valence-corrected chi connectivity index (χ0v) is 9.93. The Morgan fingerprint density at radius 2 is 2.12 bits per heavy atom. The molecule has 3 N–H and O–H groups in total. The molecule has 0 aromatic carbocycles. The minimum atomic E-state index is 0.0594. The van der Waals surface area contributed by atoms with Crippen molar-refractivity contribution in [1.29, 1.82) is 0 Å². The summed E-state index contributed by atoms with van der Waals surface area (Å²) < 4.78 is 0. The standard InChI is InChI=1S/C13H19N3O/c14-10-4-6-11(7-5-10)16-13(17)9-12-3-1-2-8-15-12/h1-3,8,10-11H,4-7,9,14H2,(H,16,17). The van der Waals surface area contributed by atoms with Gasteiger partial charge in [0.2, 0.25) is 5.91 Å². The van der Waals surface area contributed by atoms with Gasteiger partial charge in [-0.05, 0) is 37.8 Å². The summed E-state index contributed by atoms with van der Waals surface area (Å²) in [6.07, 6.45) is 6.08. The minimum Gasteiger partial charge on any atom is -0.353 e. The number of hydrogen-bond donors (Lipinski definition) is 2. The van der Waals surface area contributed by atoms with Crippen molar-refractivity contribution < 1.29 is 4.79 Å². The summed E-state index contributed by atoms with van der Waals surface area (Å²) in [5, 5.41) is 3.05. The van der Waals surface area contributed by atoms with Crippen molar-refractivity contribution in [3.05, 3.63) is 30.1 Å². The van der Waals surface area contributed by atoms with Crippen LogP contribution < -0.4 is 11.1 Å². The smallest absolute Gasteiger partial charge is 0.226 e. The van der Waals surface area contributed by atoms with E-state index in [0.29, 0.717) is 18.5 Å². The topological polar surface area (TPSA) is 68.0 Å². The fourth-order valence-electron chi connectivity index (χ4n) is 2.21. The van der Waals surface area contributed by atoms with Gasteiger partial charge in [0, 0.05) is 24.0 Å². The summed E-state index contributed by atoms with van der Waals surface area (Å²) in [6, 6.07) is 6.24. The van der Waals surface area contributed by atoms with Crippen LogP contribution in [0.1, 0.15) is 31.4 Å². The van der Waals surface area contributed by atoms with E-state index in [4.69, 9.17) is 5.73 Å². The summed E-state index contributed by atoms with van der Waals surface area (Å²) >= 11 is 0. The summed E-state index contributed by atoms with van der Waals surface area (Å²) in [5.41, 5.74) is 6.65. The molecule has 1 aromatic heterocycles. The molecule has 1 fully saturated rings. The van der Waals surface area contributed by atoms with Gasteiger partial charge in [0.25, 0.3) is 0 Å². The van der Waals surface area contributed by atoms with Crippen LogP contribution in [0.25, 0.3) is 0 Å². The van der Waals surface area contributed by atoms with Crippen LogP contribution in [0.5, 0.6) is 0 Å². The van der Waals surface area contributed by atoms with Crippen LogP contribution in [0.4, 0.5) is 0 Å². The van der Waals surface area contributed by atoms with E-state index in [1.807, 2.05) is 18.2 Å². The first-order valence-corrected chi connectivity index (χ1v) is 6.19. The van der Waals surface area contributed by atoms with Crippen molar-refractivity contribution >= 4 is 5.91 Å². The summed E-state index contributed by atoms with van der Waals surface area (Å²) in [7, 11) is 0. The number of aromatic nitrogens is 1. The van der Waals surface area contributed by atoms with E-state index in [0.717, 1.165) is 31.4 Å². The largest absolute Gasteiger partial charge is 0.353 e. The van der Waals surface area contributed by atoms with E-state index in [9.17, 15) is 4.79 Å². The zero-order valence-electron chi connectivity index (χ0n) is 9.93. The molecule has 1 amide bonds. The van der Waals surface area contributed by atoms with E-state index in [1.165, 1.54) is 0 Å². The molecule has 0 atom stereocenters. The lowest BCUT2D eigenvalue weighted by atomic mass is 9.92. The van der Waals surface area contributed by atoms with Crippen molar-refractivity contribution in [2.24, 2.45) is 5.73 Å². The number of rotatable bonds is 3. The van der Waals surface area contributed by atoms with Gasteiger partial charge in [-0.15, -0.1) is 0 Å². The molecular weight excluding hydrogens is 214 g/mol. The Labute approximate surface area is 102 Å². The van der Waals surface area contributed by atoms with Crippen molar-refractivity contribution in [3.8, 4) is 0 Å². The lowest BCUT2D eigenvalue weighted by Gasteiger charge is -2.26. The summed E-state index contributed by atoms with van der Waals surface area (Å²) in [5.74, 6) is 0.0594. The Morgan fingerprint density at radius 1 is 1.35 bits per heavy atom. The number of carbonyl (C=O) groups excluding carboxylic acids is 1. The second-order valence-corrected chi connectivity index (χ2v) is 4.68. The van der Waals surface area contributed by atoms with Gasteiger partial charge in [-0.2, -0.15) is 0 Å². The zero-order chi connectivity index (χ0) is 12.1. The SMILES string of the molecule is NC1CCC(NC(=O)Cc2ccccn2)CC1. The highest BCUT2D eigenvalue weighted by Gasteiger charge is 2.19. The Morgan fingerprint density at radius 3 is 2.76 bits per heavy atom. The van der Waals surface area contributed by atoms with Gasteiger partial charge in [0.1, 0.15) is 0 Å². The maximum absolute atomic E-state index is 11.8. The average molecular weight is 233 g/mol. The molecule has 0 saturated heterocycles. The van der Waals surface area contributed by atoms with Crippen molar-refractivity contribution in [2.45, 2.75) is 44.2 Å². The number of nitrogens with one attached hydrogen (secondary N) is 1. The molecule has 0 spiro atoms. The van der Waals surface area contributed by atoms with Gasteiger partial charge in [0.15, 0.2) is 0 Å². The number of nitrogens with zero attached hydrogens (tertiary/aromatic N) is 1. The quantitative estimate of drug-likeness (QED) is 0.818. The van der Waals surface area contributed by atoms with Gasteiger partial charge in [-0.1, -0.05) is 6.07 Å². The van der Waals surface area contributed by atoms with Crippen LogP contribution in [0.15, 0.2) is 24.4 Å². The van der Waals surface area contributed by atoms with E-state index in [2.05, 4.69) is 10.3 Å². The lowest BCUT2D eigenvalue weighted by Crippen LogP contribution is -2.41. The highest BCUT2D eigenvalue weighted by atomic mass is 16.1. The van der Waals surface area contributed by atoms with E-state index >= 15 is 0 Å². The van der Waals surface area contributed by atoms with E-state index < -0.39 is 0 Å². The molecule has 1 aliphatic carbocycles. The normalized spacial score (nSPS) is 24.3. The maximum atomic E-state index is 11.8. The van der Waals surface area contributed by atoms with Crippen molar-refractivity contribution in [3.63, 3.8) is 0 Å². The van der Waals surface area contributed by atoms with Crippen LogP contribution >= 0.6 is 0 Å². The third-order valence-corrected chi connectivity index (χ3v) is 3.20. The number of nitrogens with two attached hydrogens (primary N) is 1. The van der Waals surface area contributed by atoms with Crippen molar-refractivity contribution in [1.82, 2.24) is 10.3 Å². The molecule has 4 nitrogen and oxygen atoms in total. The minimum absolute atomic E-state index is 0.0594. The Bertz CT molecular complexity index is 358. The molecule has 92 valence electrons. The lowest BCUT2D eigenvalue weighted by molar-refractivity contribution is -0.121. The van der Waals surface area contributed by atoms with E-state index in [-0.39, 0.29) is 5.91 Å². The highest BCUT2D eigenvalue weighted by Crippen LogP contribution is 2.16. The third kappa shape index (κ3) is 3.82. The molecule has 0 radical (unpaired) electrons. The first-order valence-electron chi connectivity index (χ1n) is 6.19. The Balaban J connectivity index is 1.78. The van der Waals surface area contributed by atoms with Crippen LogP contribution in [0, 0.1) is 0 Å². The van der Waals surface area contributed by atoms with E-state index in [1.54, 1.807) is 6.20 Å². The van der Waals surface area contributed by atoms with Crippen LogP contribution in [-0.4, -0.2) is 23.0 Å². The number of pyridine rings is 1. The first-order chi connectivity index (χ1) is 8.24. The fraction of sp³-hybridized carbons (Fsp3) is 0.538. The molecule has 0 bridgehead atoms. The Kier molecular flexibility index (Phi) is 4.09. The first kappa shape index (κ1) is 12.0. The predicted octanol–water partition coefficient (Wildman–Crippen LogP) is 1.01. The number of amides is 1.